The van der Waals surface area contributed by atoms with Crippen LogP contribution in [0.1, 0.15) is 12.0 Å². The first-order valence-corrected chi connectivity index (χ1v) is 5.18. The minimum Gasteiger partial charge on any atom is -0.508 e. The highest BCUT2D eigenvalue weighted by molar-refractivity contribution is 5.27. The van der Waals surface area contributed by atoms with Crippen molar-refractivity contribution in [3.05, 3.63) is 29.8 Å². The molecule has 0 aliphatic heterocycles. The minimum atomic E-state index is -0.339. The molecule has 0 saturated heterocycles. The summed E-state index contributed by atoms with van der Waals surface area (Å²) in [5.74, 6) is 0.257. The maximum atomic E-state index is 9.73. The Morgan fingerprint density at radius 1 is 1.33 bits per heavy atom. The molecule has 1 unspecified atom stereocenters. The summed E-state index contributed by atoms with van der Waals surface area (Å²) in [5.41, 5.74) is 0.973. The predicted molar refractivity (Wildman–Crippen MR) is 61.0 cm³/mol. The van der Waals surface area contributed by atoms with Gasteiger partial charge in [-0.05, 0) is 51.2 Å². The van der Waals surface area contributed by atoms with Gasteiger partial charge in [0.25, 0.3) is 0 Å². The summed E-state index contributed by atoms with van der Waals surface area (Å²) in [6.45, 7) is 0.875. The van der Waals surface area contributed by atoms with Crippen LogP contribution in [0.4, 0.5) is 0 Å². The van der Waals surface area contributed by atoms with Gasteiger partial charge in [-0.15, -0.1) is 0 Å². The Morgan fingerprint density at radius 3 is 2.67 bits per heavy atom. The smallest absolute Gasteiger partial charge is 0.115 e. The van der Waals surface area contributed by atoms with E-state index in [1.54, 1.807) is 18.2 Å². The third kappa shape index (κ3) is 4.81. The van der Waals surface area contributed by atoms with Crippen LogP contribution in [0.3, 0.4) is 0 Å². The number of benzene rings is 1. The van der Waals surface area contributed by atoms with Crippen LogP contribution in [-0.4, -0.2) is 41.9 Å². The van der Waals surface area contributed by atoms with Gasteiger partial charge in [0.05, 0.1) is 6.10 Å². The molecule has 0 fully saturated rings. The summed E-state index contributed by atoms with van der Waals surface area (Å²) in [4.78, 5) is 2.05. The van der Waals surface area contributed by atoms with E-state index in [1.807, 2.05) is 25.1 Å². The van der Waals surface area contributed by atoms with E-state index in [0.29, 0.717) is 6.42 Å². The molecule has 2 N–H and O–H groups in total. The summed E-state index contributed by atoms with van der Waals surface area (Å²) in [6, 6.07) is 7.04. The van der Waals surface area contributed by atoms with Gasteiger partial charge in [0, 0.05) is 0 Å². The first-order chi connectivity index (χ1) is 7.08. The van der Waals surface area contributed by atoms with Crippen LogP contribution in [0.15, 0.2) is 24.3 Å². The molecule has 84 valence electrons. The molecule has 0 bridgehead atoms. The third-order valence-electron chi connectivity index (χ3n) is 2.29. The number of hydrogen-bond acceptors (Lipinski definition) is 3. The van der Waals surface area contributed by atoms with Crippen molar-refractivity contribution in [3.8, 4) is 5.75 Å². The first kappa shape index (κ1) is 12.0. The predicted octanol–water partition coefficient (Wildman–Crippen LogP) is 1.25. The van der Waals surface area contributed by atoms with Gasteiger partial charge in [0.15, 0.2) is 0 Å². The molecule has 1 aromatic carbocycles. The second-order valence-electron chi connectivity index (χ2n) is 4.12. The van der Waals surface area contributed by atoms with Crippen LogP contribution in [0.2, 0.25) is 0 Å². The molecule has 0 radical (unpaired) electrons. The fraction of sp³-hybridized carbons (Fsp3) is 0.500. The van der Waals surface area contributed by atoms with Gasteiger partial charge in [-0.2, -0.15) is 0 Å². The van der Waals surface area contributed by atoms with E-state index < -0.39 is 0 Å². The average Bonchev–Trinajstić information content (AvgIpc) is 2.15. The number of aliphatic hydroxyl groups excluding tert-OH is 1. The Labute approximate surface area is 91.0 Å². The van der Waals surface area contributed by atoms with Crippen molar-refractivity contribution in [2.45, 2.75) is 18.9 Å². The zero-order valence-corrected chi connectivity index (χ0v) is 9.35. The summed E-state index contributed by atoms with van der Waals surface area (Å²) >= 11 is 0. The average molecular weight is 209 g/mol. The maximum Gasteiger partial charge on any atom is 0.115 e. The number of aliphatic hydroxyl groups is 1. The zero-order chi connectivity index (χ0) is 11.3. The normalized spacial score (nSPS) is 13.1. The van der Waals surface area contributed by atoms with Crippen molar-refractivity contribution >= 4 is 0 Å². The van der Waals surface area contributed by atoms with Crippen LogP contribution in [0.5, 0.6) is 5.75 Å². The molecule has 3 heteroatoms. The second-order valence-corrected chi connectivity index (χ2v) is 4.12. The lowest BCUT2D eigenvalue weighted by Crippen LogP contribution is -2.20. The molecule has 0 spiro atoms. The van der Waals surface area contributed by atoms with Crippen LogP contribution in [0.25, 0.3) is 0 Å². The van der Waals surface area contributed by atoms with E-state index in [1.165, 1.54) is 0 Å². The highest BCUT2D eigenvalue weighted by Gasteiger charge is 2.06. The lowest BCUT2D eigenvalue weighted by Gasteiger charge is -2.14. The Morgan fingerprint density at radius 2 is 2.07 bits per heavy atom. The Balaban J connectivity index is 2.40. The van der Waals surface area contributed by atoms with Gasteiger partial charge in [0.1, 0.15) is 5.75 Å². The lowest BCUT2D eigenvalue weighted by molar-refractivity contribution is 0.152. The van der Waals surface area contributed by atoms with Crippen molar-refractivity contribution in [1.29, 1.82) is 0 Å². The largest absolute Gasteiger partial charge is 0.508 e. The fourth-order valence-corrected chi connectivity index (χ4v) is 1.46. The van der Waals surface area contributed by atoms with Gasteiger partial charge in [0.2, 0.25) is 0 Å². The molecule has 1 rings (SSSR count). The van der Waals surface area contributed by atoms with Crippen LogP contribution in [0, 0.1) is 0 Å². The van der Waals surface area contributed by atoms with E-state index in [0.717, 1.165) is 18.5 Å². The molecular formula is C12H19NO2. The molecule has 3 nitrogen and oxygen atoms in total. The molecule has 0 aliphatic carbocycles. The molecule has 0 aromatic heterocycles. The summed E-state index contributed by atoms with van der Waals surface area (Å²) in [6.07, 6.45) is 1.01. The minimum absolute atomic E-state index is 0.257. The standard InChI is InChI=1S/C12H19NO2/c1-13(2)7-6-12(15)9-10-4-3-5-11(14)8-10/h3-5,8,12,14-15H,6-7,9H2,1-2H3. The zero-order valence-electron chi connectivity index (χ0n) is 9.35. The van der Waals surface area contributed by atoms with E-state index >= 15 is 0 Å². The molecular weight excluding hydrogens is 190 g/mol. The van der Waals surface area contributed by atoms with Gasteiger partial charge < -0.3 is 15.1 Å². The molecule has 0 aliphatic rings. The number of phenolic OH excluding ortho intramolecular Hbond substituents is 1. The van der Waals surface area contributed by atoms with Gasteiger partial charge in [-0.1, -0.05) is 12.1 Å². The first-order valence-electron chi connectivity index (χ1n) is 5.18. The van der Waals surface area contributed by atoms with Gasteiger partial charge >= 0.3 is 0 Å². The van der Waals surface area contributed by atoms with Gasteiger partial charge in [-0.3, -0.25) is 0 Å². The summed E-state index contributed by atoms with van der Waals surface area (Å²) < 4.78 is 0. The molecule has 0 saturated carbocycles. The summed E-state index contributed by atoms with van der Waals surface area (Å²) in [7, 11) is 3.97. The Bertz CT molecular complexity index is 299. The van der Waals surface area contributed by atoms with E-state index in [-0.39, 0.29) is 11.9 Å². The number of rotatable bonds is 5. The summed E-state index contributed by atoms with van der Waals surface area (Å²) in [5, 5.41) is 19.0. The van der Waals surface area contributed by atoms with Crippen LogP contribution in [-0.2, 0) is 6.42 Å². The van der Waals surface area contributed by atoms with Crippen molar-refractivity contribution in [2.75, 3.05) is 20.6 Å². The quantitative estimate of drug-likeness (QED) is 0.767. The maximum absolute atomic E-state index is 9.73. The van der Waals surface area contributed by atoms with Gasteiger partial charge in [-0.25, -0.2) is 0 Å². The number of phenols is 1. The highest BCUT2D eigenvalue weighted by atomic mass is 16.3. The number of nitrogens with zero attached hydrogens (tertiary/aromatic N) is 1. The Hall–Kier alpha value is -1.06. The fourth-order valence-electron chi connectivity index (χ4n) is 1.46. The lowest BCUT2D eigenvalue weighted by atomic mass is 10.1. The van der Waals surface area contributed by atoms with E-state index in [9.17, 15) is 10.2 Å². The topological polar surface area (TPSA) is 43.7 Å². The third-order valence-corrected chi connectivity index (χ3v) is 2.29. The molecule has 0 amide bonds. The highest BCUT2D eigenvalue weighted by Crippen LogP contribution is 2.13. The number of hydrogen-bond donors (Lipinski definition) is 2. The molecule has 1 atom stereocenters. The SMILES string of the molecule is CN(C)CCC(O)Cc1cccc(O)c1. The van der Waals surface area contributed by atoms with Crippen LogP contribution >= 0.6 is 0 Å². The van der Waals surface area contributed by atoms with Crippen molar-refractivity contribution < 1.29 is 10.2 Å². The van der Waals surface area contributed by atoms with Crippen molar-refractivity contribution in [1.82, 2.24) is 4.90 Å². The molecule has 15 heavy (non-hydrogen) atoms. The second kappa shape index (κ2) is 5.73. The molecule has 0 heterocycles. The monoisotopic (exact) mass is 209 g/mol. The van der Waals surface area contributed by atoms with Crippen molar-refractivity contribution in [2.24, 2.45) is 0 Å². The van der Waals surface area contributed by atoms with Crippen LogP contribution < -0.4 is 0 Å². The van der Waals surface area contributed by atoms with E-state index in [4.69, 9.17) is 0 Å². The Kier molecular flexibility index (Phi) is 4.59. The van der Waals surface area contributed by atoms with Crippen molar-refractivity contribution in [3.63, 3.8) is 0 Å². The number of aromatic hydroxyl groups is 1. The van der Waals surface area contributed by atoms with E-state index in [2.05, 4.69) is 0 Å². The molecule has 1 aromatic rings.